The first-order chi connectivity index (χ1) is 11.7. The molecular formula is C12H19N3O9S. The van der Waals surface area contributed by atoms with Gasteiger partial charge < -0.3 is 20.1 Å². The van der Waals surface area contributed by atoms with Gasteiger partial charge in [-0.25, -0.2) is 4.79 Å². The minimum atomic E-state index is -4.64. The Morgan fingerprint density at radius 1 is 1.48 bits per heavy atom. The molecule has 0 aliphatic carbocycles. The number of hydrogen-bond acceptors (Lipinski definition) is 9. The highest BCUT2D eigenvalue weighted by Gasteiger charge is 2.37. The molecule has 0 bridgehead atoms. The molecule has 3 atom stereocenters. The van der Waals surface area contributed by atoms with Crippen molar-refractivity contribution in [2.75, 3.05) is 20.2 Å². The van der Waals surface area contributed by atoms with Gasteiger partial charge in [0.25, 0.3) is 10.1 Å². The Hall–Kier alpha value is -2.09. The van der Waals surface area contributed by atoms with Crippen LogP contribution in [0.25, 0.3) is 0 Å². The second-order valence-corrected chi connectivity index (χ2v) is 6.66. The van der Waals surface area contributed by atoms with Gasteiger partial charge in [0.05, 0.1) is 12.6 Å². The monoisotopic (exact) mass is 381 g/mol. The van der Waals surface area contributed by atoms with Crippen LogP contribution in [0.15, 0.2) is 0 Å². The lowest BCUT2D eigenvalue weighted by molar-refractivity contribution is -0.124. The fourth-order valence-corrected chi connectivity index (χ4v) is 3.28. The van der Waals surface area contributed by atoms with Gasteiger partial charge in [-0.05, 0) is 12.8 Å². The third-order valence-corrected chi connectivity index (χ3v) is 4.59. The third kappa shape index (κ3) is 6.74. The third-order valence-electron chi connectivity index (χ3n) is 3.48. The fraction of sp³-hybridized carbons (Fsp3) is 0.667. The van der Waals surface area contributed by atoms with E-state index in [1.165, 1.54) is 0 Å². The van der Waals surface area contributed by atoms with E-state index in [0.717, 1.165) is 7.11 Å². The normalized spacial score (nSPS) is 19.6. The van der Waals surface area contributed by atoms with Crippen LogP contribution in [0.5, 0.6) is 0 Å². The minimum Gasteiger partial charge on any atom is -0.378 e. The van der Waals surface area contributed by atoms with Gasteiger partial charge in [-0.15, -0.1) is 0 Å². The summed E-state index contributed by atoms with van der Waals surface area (Å²) in [6, 6.07) is -1.11. The van der Waals surface area contributed by atoms with Crippen LogP contribution in [0.2, 0.25) is 0 Å². The lowest BCUT2D eigenvalue weighted by Crippen LogP contribution is -2.50. The predicted molar refractivity (Wildman–Crippen MR) is 80.6 cm³/mol. The molecule has 13 heteroatoms. The highest BCUT2D eigenvalue weighted by atomic mass is 32.2. The molecule has 1 rings (SSSR count). The average molecular weight is 381 g/mol. The van der Waals surface area contributed by atoms with Gasteiger partial charge in [-0.1, -0.05) is 0 Å². The summed E-state index contributed by atoms with van der Waals surface area (Å²) in [4.78, 5) is 44.1. The summed E-state index contributed by atoms with van der Waals surface area (Å²) in [5.74, 6) is -1.73. The fourth-order valence-electron chi connectivity index (χ4n) is 2.42. The molecule has 4 N–H and O–H groups in total. The molecule has 1 fully saturated rings. The first-order valence-corrected chi connectivity index (χ1v) is 8.63. The minimum absolute atomic E-state index is 0.0316. The maximum absolute atomic E-state index is 11.7. The molecule has 1 aliphatic heterocycles. The maximum atomic E-state index is 11.7. The van der Waals surface area contributed by atoms with Crippen molar-refractivity contribution >= 4 is 34.5 Å². The van der Waals surface area contributed by atoms with E-state index >= 15 is 0 Å². The van der Waals surface area contributed by atoms with Crippen molar-refractivity contribution < 1.29 is 41.6 Å². The van der Waals surface area contributed by atoms with Crippen molar-refractivity contribution in [3.05, 3.63) is 0 Å². The molecular weight excluding hydrogens is 362 g/mol. The predicted octanol–water partition coefficient (Wildman–Crippen LogP) is -2.26. The van der Waals surface area contributed by atoms with Crippen LogP contribution in [0.3, 0.4) is 0 Å². The van der Waals surface area contributed by atoms with E-state index < -0.39 is 46.1 Å². The Labute approximate surface area is 143 Å². The maximum Gasteiger partial charge on any atom is 0.421 e. The molecule has 12 nitrogen and oxygen atoms in total. The first-order valence-electron chi connectivity index (χ1n) is 7.13. The summed E-state index contributed by atoms with van der Waals surface area (Å²) < 4.78 is 40.8. The molecule has 0 radical (unpaired) electrons. The highest BCUT2D eigenvalue weighted by Crippen LogP contribution is 2.20. The van der Waals surface area contributed by atoms with Gasteiger partial charge in [0.15, 0.2) is 5.44 Å². The van der Waals surface area contributed by atoms with E-state index in [-0.39, 0.29) is 18.8 Å². The van der Waals surface area contributed by atoms with E-state index in [2.05, 4.69) is 15.4 Å². The van der Waals surface area contributed by atoms with Gasteiger partial charge in [0.2, 0.25) is 11.8 Å². The molecule has 25 heavy (non-hydrogen) atoms. The molecule has 0 saturated carbocycles. The largest absolute Gasteiger partial charge is 0.421 e. The number of rotatable bonds is 9. The van der Waals surface area contributed by atoms with E-state index in [1.54, 1.807) is 5.32 Å². The molecule has 142 valence electrons. The summed E-state index contributed by atoms with van der Waals surface area (Å²) in [6.07, 6.45) is -0.876. The summed E-state index contributed by atoms with van der Waals surface area (Å²) in [6.45, 7) is -0.295. The Morgan fingerprint density at radius 2 is 2.16 bits per heavy atom. The number of carbonyl (C=O) groups is 4. The molecule has 1 heterocycles. The SMILES string of the molecule is COC(C(C[C@@H]1CCNC1=O)NCC(=O)NC(=O)OC=O)S(=O)(=O)O. The molecule has 3 amide bonds. The second-order valence-electron chi connectivity index (χ2n) is 5.17. The van der Waals surface area contributed by atoms with Crippen LogP contribution in [0.4, 0.5) is 4.79 Å². The second kappa shape index (κ2) is 9.41. The Kier molecular flexibility index (Phi) is 7.89. The molecule has 0 aromatic heterocycles. The van der Waals surface area contributed by atoms with Crippen LogP contribution in [-0.2, 0) is 34.0 Å². The highest BCUT2D eigenvalue weighted by molar-refractivity contribution is 7.86. The Bertz CT molecular complexity index is 621. The molecule has 0 aromatic rings. The van der Waals surface area contributed by atoms with Crippen LogP contribution < -0.4 is 16.0 Å². The van der Waals surface area contributed by atoms with Crippen LogP contribution in [0.1, 0.15) is 12.8 Å². The number of nitrogens with one attached hydrogen (secondary N) is 3. The van der Waals surface area contributed by atoms with E-state index in [1.807, 2.05) is 0 Å². The van der Waals surface area contributed by atoms with E-state index in [9.17, 15) is 32.1 Å². The zero-order valence-electron chi connectivity index (χ0n) is 13.3. The van der Waals surface area contributed by atoms with Gasteiger partial charge in [0.1, 0.15) is 0 Å². The van der Waals surface area contributed by atoms with Crippen LogP contribution in [0, 0.1) is 5.92 Å². The first kappa shape index (κ1) is 21.0. The van der Waals surface area contributed by atoms with Gasteiger partial charge >= 0.3 is 12.6 Å². The molecule has 1 saturated heterocycles. The number of alkyl carbamates (subject to hydrolysis) is 1. The smallest absolute Gasteiger partial charge is 0.378 e. The molecule has 2 unspecified atom stereocenters. The van der Waals surface area contributed by atoms with Crippen molar-refractivity contribution in [2.24, 2.45) is 5.92 Å². The van der Waals surface area contributed by atoms with Crippen molar-refractivity contribution in [1.29, 1.82) is 0 Å². The number of ether oxygens (including phenoxy) is 2. The van der Waals surface area contributed by atoms with Gasteiger partial charge in [-0.2, -0.15) is 8.42 Å². The van der Waals surface area contributed by atoms with E-state index in [4.69, 9.17) is 4.74 Å². The van der Waals surface area contributed by atoms with E-state index in [0.29, 0.717) is 13.0 Å². The van der Waals surface area contributed by atoms with Gasteiger partial charge in [-0.3, -0.25) is 24.3 Å². The quantitative estimate of drug-likeness (QED) is 0.194. The molecule has 1 aliphatic rings. The molecule has 0 spiro atoms. The average Bonchev–Trinajstić information content (AvgIpc) is 2.89. The number of methoxy groups -OCH3 is 1. The lowest BCUT2D eigenvalue weighted by atomic mass is 9.98. The summed E-state index contributed by atoms with van der Waals surface area (Å²) in [5, 5.41) is 6.81. The molecule has 0 aromatic carbocycles. The van der Waals surface area contributed by atoms with Crippen molar-refractivity contribution in [3.63, 3.8) is 0 Å². The number of hydrogen-bond donors (Lipinski definition) is 4. The van der Waals surface area contributed by atoms with Crippen LogP contribution >= 0.6 is 0 Å². The number of imide groups is 1. The number of carbonyl (C=O) groups excluding carboxylic acids is 4. The van der Waals surface area contributed by atoms with Gasteiger partial charge in [0, 0.05) is 19.6 Å². The zero-order chi connectivity index (χ0) is 19.0. The van der Waals surface area contributed by atoms with Crippen molar-refractivity contribution in [1.82, 2.24) is 16.0 Å². The summed E-state index contributed by atoms with van der Waals surface area (Å²) in [5.41, 5.74) is -1.73. The topological polar surface area (TPSA) is 177 Å². The summed E-state index contributed by atoms with van der Waals surface area (Å²) >= 11 is 0. The Balaban J connectivity index is 2.76. The zero-order valence-corrected chi connectivity index (χ0v) is 14.1. The Morgan fingerprint density at radius 3 is 2.64 bits per heavy atom. The van der Waals surface area contributed by atoms with Crippen molar-refractivity contribution in [2.45, 2.75) is 24.3 Å². The van der Waals surface area contributed by atoms with Crippen molar-refractivity contribution in [3.8, 4) is 0 Å². The van der Waals surface area contributed by atoms with Crippen LogP contribution in [-0.4, -0.2) is 69.0 Å². The standard InChI is InChI=1S/C12H19N3O9S/c1-23-11(25(20,21)22)8(4-7-2-3-13-10(7)18)14-5-9(17)15-12(19)24-6-16/h6-8,11,14H,2-5H2,1H3,(H,13,18)(H,15,17,19)(H,20,21,22)/t7-,8?,11?/m0/s1. The number of amides is 3. The summed E-state index contributed by atoms with van der Waals surface area (Å²) in [7, 11) is -3.59. The lowest BCUT2D eigenvalue weighted by Gasteiger charge is -2.26.